The number of imide groups is 1. The third-order valence-corrected chi connectivity index (χ3v) is 4.66. The fourth-order valence-corrected chi connectivity index (χ4v) is 3.55. The highest BCUT2D eigenvalue weighted by Crippen LogP contribution is 2.37. The van der Waals surface area contributed by atoms with Crippen molar-refractivity contribution >= 4 is 39.6 Å². The smallest absolute Gasteiger partial charge is 0.262 e. The van der Waals surface area contributed by atoms with Crippen LogP contribution in [0.2, 0.25) is 0 Å². The predicted octanol–water partition coefficient (Wildman–Crippen LogP) is 3.05. The maximum absolute atomic E-state index is 13.1. The van der Waals surface area contributed by atoms with E-state index in [1.54, 1.807) is 18.2 Å². The number of hydrogen-bond donors (Lipinski definition) is 0. The molecule has 0 unspecified atom stereocenters. The zero-order chi connectivity index (χ0) is 17.6. The van der Waals surface area contributed by atoms with Crippen LogP contribution >= 0.6 is 0 Å². The summed E-state index contributed by atoms with van der Waals surface area (Å²) in [5, 5.41) is 2.59. The first-order valence-electron chi connectivity index (χ1n) is 7.96. The van der Waals surface area contributed by atoms with Crippen molar-refractivity contribution in [2.45, 2.75) is 0 Å². The summed E-state index contributed by atoms with van der Waals surface area (Å²) < 4.78 is 5.03. The van der Waals surface area contributed by atoms with Crippen molar-refractivity contribution in [1.82, 2.24) is 4.90 Å². The van der Waals surface area contributed by atoms with Crippen LogP contribution in [0.15, 0.2) is 42.5 Å². The van der Waals surface area contributed by atoms with Gasteiger partial charge in [-0.3, -0.25) is 19.3 Å². The molecule has 3 aromatic carbocycles. The molecule has 0 saturated carbocycles. The van der Waals surface area contributed by atoms with Gasteiger partial charge in [0, 0.05) is 23.6 Å². The van der Waals surface area contributed by atoms with Gasteiger partial charge in [0.05, 0.1) is 18.7 Å². The first-order chi connectivity index (χ1) is 12.2. The van der Waals surface area contributed by atoms with Crippen LogP contribution in [-0.2, 0) is 4.74 Å². The van der Waals surface area contributed by atoms with Crippen LogP contribution in [0.3, 0.4) is 0 Å². The number of hydrogen-bond acceptors (Lipinski definition) is 4. The first-order valence-corrected chi connectivity index (χ1v) is 7.96. The molecule has 0 radical (unpaired) electrons. The fraction of sp³-hybridized carbons (Fsp3) is 0.150. The van der Waals surface area contributed by atoms with E-state index < -0.39 is 0 Å². The minimum absolute atomic E-state index is 0.188. The molecule has 0 aliphatic carbocycles. The van der Waals surface area contributed by atoms with Crippen molar-refractivity contribution < 1.29 is 19.1 Å². The summed E-state index contributed by atoms with van der Waals surface area (Å²) in [6, 6.07) is 12.5. The predicted molar refractivity (Wildman–Crippen MR) is 94.1 cm³/mol. The van der Waals surface area contributed by atoms with Crippen LogP contribution in [0, 0.1) is 0 Å². The summed E-state index contributed by atoms with van der Waals surface area (Å²) in [6.07, 6.45) is 0.789. The SMILES string of the molecule is COCCN1C(=O)c2cccc3c(C=O)c4ccccc4c(c23)C1=O. The largest absolute Gasteiger partial charge is 0.383 e. The average Bonchev–Trinajstić information content (AvgIpc) is 2.64. The van der Waals surface area contributed by atoms with E-state index in [1.165, 1.54) is 12.0 Å². The highest BCUT2D eigenvalue weighted by molar-refractivity contribution is 6.32. The molecular weight excluding hydrogens is 318 g/mol. The maximum atomic E-state index is 13.1. The van der Waals surface area contributed by atoms with Gasteiger partial charge in [-0.15, -0.1) is 0 Å². The van der Waals surface area contributed by atoms with E-state index in [0.717, 1.165) is 6.29 Å². The third-order valence-electron chi connectivity index (χ3n) is 4.66. The molecule has 4 rings (SSSR count). The Kier molecular flexibility index (Phi) is 3.58. The van der Waals surface area contributed by atoms with Gasteiger partial charge in [0.2, 0.25) is 0 Å². The van der Waals surface area contributed by atoms with Crippen molar-refractivity contribution in [2.75, 3.05) is 20.3 Å². The molecule has 0 atom stereocenters. The van der Waals surface area contributed by atoms with Gasteiger partial charge >= 0.3 is 0 Å². The monoisotopic (exact) mass is 333 g/mol. The molecule has 0 aromatic heterocycles. The summed E-state index contributed by atoms with van der Waals surface area (Å²) in [5.41, 5.74) is 1.42. The second kappa shape index (κ2) is 5.79. The quantitative estimate of drug-likeness (QED) is 0.418. The highest BCUT2D eigenvalue weighted by atomic mass is 16.5. The first kappa shape index (κ1) is 15.5. The highest BCUT2D eigenvalue weighted by Gasteiger charge is 2.34. The van der Waals surface area contributed by atoms with Crippen LogP contribution in [0.25, 0.3) is 21.5 Å². The molecule has 0 saturated heterocycles. The lowest BCUT2D eigenvalue weighted by Gasteiger charge is -2.28. The van der Waals surface area contributed by atoms with Crippen LogP contribution < -0.4 is 0 Å². The zero-order valence-corrected chi connectivity index (χ0v) is 13.6. The van der Waals surface area contributed by atoms with E-state index in [9.17, 15) is 14.4 Å². The second-order valence-electron chi connectivity index (χ2n) is 5.93. The number of ether oxygens (including phenoxy) is 1. The molecule has 2 amide bonds. The van der Waals surface area contributed by atoms with E-state index in [-0.39, 0.29) is 25.0 Å². The Hall–Kier alpha value is -3.05. The minimum Gasteiger partial charge on any atom is -0.383 e. The molecule has 3 aromatic rings. The average molecular weight is 333 g/mol. The number of amides is 2. The van der Waals surface area contributed by atoms with Crippen LogP contribution in [0.5, 0.6) is 0 Å². The number of carbonyl (C=O) groups excluding carboxylic acids is 3. The van der Waals surface area contributed by atoms with Gasteiger partial charge in [-0.25, -0.2) is 0 Å². The molecule has 0 fully saturated rings. The summed E-state index contributed by atoms with van der Waals surface area (Å²) in [6.45, 7) is 0.459. The third kappa shape index (κ3) is 2.09. The number of benzene rings is 3. The van der Waals surface area contributed by atoms with Gasteiger partial charge in [0.25, 0.3) is 11.8 Å². The van der Waals surface area contributed by atoms with Gasteiger partial charge in [-0.2, -0.15) is 0 Å². The molecule has 5 nitrogen and oxygen atoms in total. The van der Waals surface area contributed by atoms with Crippen LogP contribution in [-0.4, -0.2) is 43.3 Å². The molecular formula is C20H15NO4. The van der Waals surface area contributed by atoms with Gasteiger partial charge < -0.3 is 4.74 Å². The molecule has 25 heavy (non-hydrogen) atoms. The molecule has 1 aliphatic heterocycles. The lowest BCUT2D eigenvalue weighted by Crippen LogP contribution is -2.42. The Bertz CT molecular complexity index is 1050. The van der Waals surface area contributed by atoms with Gasteiger partial charge in [-0.05, 0) is 22.2 Å². The Balaban J connectivity index is 2.15. The van der Waals surface area contributed by atoms with E-state index >= 15 is 0 Å². The minimum atomic E-state index is -0.354. The summed E-state index contributed by atoms with van der Waals surface area (Å²) in [4.78, 5) is 38.9. The van der Waals surface area contributed by atoms with Crippen LogP contribution in [0.1, 0.15) is 31.1 Å². The standard InChI is InChI=1S/C20H15NO4/c1-25-10-9-21-19(23)15-8-4-7-14-16(11-22)12-5-2-3-6-13(12)18(17(14)15)20(21)24/h2-8,11H,9-10H2,1H3. The molecule has 1 aliphatic rings. The number of fused-ring (bicyclic) bond motifs is 2. The normalized spacial score (nSPS) is 13.7. The van der Waals surface area contributed by atoms with Crippen LogP contribution in [0.4, 0.5) is 0 Å². The number of nitrogens with zero attached hydrogens (tertiary/aromatic N) is 1. The number of carbonyl (C=O) groups is 3. The second-order valence-corrected chi connectivity index (χ2v) is 5.93. The van der Waals surface area contributed by atoms with Gasteiger partial charge in [0.15, 0.2) is 6.29 Å². The Labute approximate surface area is 143 Å². The molecule has 0 N–H and O–H groups in total. The van der Waals surface area contributed by atoms with E-state index in [1.807, 2.05) is 24.3 Å². The molecule has 0 bridgehead atoms. The van der Waals surface area contributed by atoms with E-state index in [2.05, 4.69) is 0 Å². The Morgan fingerprint density at radius 3 is 2.40 bits per heavy atom. The van der Waals surface area contributed by atoms with Gasteiger partial charge in [-0.1, -0.05) is 36.4 Å². The summed E-state index contributed by atoms with van der Waals surface area (Å²) >= 11 is 0. The van der Waals surface area contributed by atoms with E-state index in [0.29, 0.717) is 38.2 Å². The molecule has 0 spiro atoms. The lowest BCUT2D eigenvalue weighted by molar-refractivity contribution is 0.0561. The van der Waals surface area contributed by atoms with Crippen molar-refractivity contribution in [3.05, 3.63) is 59.2 Å². The fourth-order valence-electron chi connectivity index (χ4n) is 3.55. The number of rotatable bonds is 4. The summed E-state index contributed by atoms with van der Waals surface area (Å²) in [7, 11) is 1.53. The number of aldehydes is 1. The molecule has 1 heterocycles. The van der Waals surface area contributed by atoms with Crippen molar-refractivity contribution in [3.63, 3.8) is 0 Å². The summed E-state index contributed by atoms with van der Waals surface area (Å²) in [5.74, 6) is -0.702. The lowest BCUT2D eigenvalue weighted by atomic mass is 9.86. The van der Waals surface area contributed by atoms with Crippen molar-refractivity contribution in [3.8, 4) is 0 Å². The molecule has 124 valence electrons. The number of methoxy groups -OCH3 is 1. The molecule has 5 heteroatoms. The van der Waals surface area contributed by atoms with Crippen molar-refractivity contribution in [1.29, 1.82) is 0 Å². The zero-order valence-electron chi connectivity index (χ0n) is 13.6. The Morgan fingerprint density at radius 2 is 1.68 bits per heavy atom. The Morgan fingerprint density at radius 1 is 0.960 bits per heavy atom. The topological polar surface area (TPSA) is 63.7 Å². The maximum Gasteiger partial charge on any atom is 0.262 e. The van der Waals surface area contributed by atoms with Gasteiger partial charge in [0.1, 0.15) is 0 Å². The van der Waals surface area contributed by atoms with Crippen molar-refractivity contribution in [2.24, 2.45) is 0 Å². The van der Waals surface area contributed by atoms with E-state index in [4.69, 9.17) is 4.74 Å².